The third kappa shape index (κ3) is 8.08. The summed E-state index contributed by atoms with van der Waals surface area (Å²) in [5.41, 5.74) is 6.66. The van der Waals surface area contributed by atoms with E-state index in [4.69, 9.17) is 10.8 Å². The number of nitrogens with one attached hydrogen (secondary N) is 2. The molecule has 4 atom stereocenters. The number of carbonyl (C=O) groups excluding carboxylic acids is 2. The van der Waals surface area contributed by atoms with E-state index in [1.54, 1.807) is 19.1 Å². The minimum atomic E-state index is -1.39. The molecular formula is C20H29N3O7. The number of nitrogens with two attached hydrogens (primary N) is 1. The van der Waals surface area contributed by atoms with Gasteiger partial charge in [0.15, 0.2) is 0 Å². The van der Waals surface area contributed by atoms with E-state index in [1.807, 2.05) is 6.92 Å². The lowest BCUT2D eigenvalue weighted by Gasteiger charge is -2.26. The molecule has 0 saturated carbocycles. The van der Waals surface area contributed by atoms with E-state index in [2.05, 4.69) is 10.6 Å². The van der Waals surface area contributed by atoms with Crippen LogP contribution in [0, 0.1) is 5.92 Å². The molecule has 0 fully saturated rings. The number of carboxylic acid groups (broad SMARTS) is 2. The SMILES string of the molecule is CC[C@H](C)[C@H](NC(=O)[C@@H](N)Cc1ccc(O)cc1)C(=O)N[C@@H](CCC(=O)O)C(=O)O. The van der Waals surface area contributed by atoms with Crippen molar-refractivity contribution in [3.8, 4) is 5.75 Å². The van der Waals surface area contributed by atoms with E-state index in [0.29, 0.717) is 6.42 Å². The van der Waals surface area contributed by atoms with Crippen molar-refractivity contribution in [2.45, 2.75) is 57.7 Å². The summed E-state index contributed by atoms with van der Waals surface area (Å²) in [4.78, 5) is 47.2. The van der Waals surface area contributed by atoms with Gasteiger partial charge in [-0.25, -0.2) is 4.79 Å². The number of hydrogen-bond acceptors (Lipinski definition) is 6. The molecule has 0 aromatic heterocycles. The maximum atomic E-state index is 12.7. The second-order valence-electron chi connectivity index (χ2n) is 7.18. The first-order valence-electron chi connectivity index (χ1n) is 9.64. The average molecular weight is 423 g/mol. The molecule has 0 unspecified atom stereocenters. The zero-order valence-corrected chi connectivity index (χ0v) is 17.0. The van der Waals surface area contributed by atoms with Gasteiger partial charge in [-0.1, -0.05) is 32.4 Å². The molecular weight excluding hydrogens is 394 g/mol. The summed E-state index contributed by atoms with van der Waals surface area (Å²) in [5.74, 6) is -4.07. The smallest absolute Gasteiger partial charge is 0.326 e. The Bertz CT molecular complexity index is 751. The van der Waals surface area contributed by atoms with Crippen molar-refractivity contribution in [1.82, 2.24) is 10.6 Å². The molecule has 0 bridgehead atoms. The molecule has 0 aliphatic heterocycles. The summed E-state index contributed by atoms with van der Waals surface area (Å²) in [6.07, 6.45) is 0.00278. The average Bonchev–Trinajstić information content (AvgIpc) is 2.69. The van der Waals surface area contributed by atoms with Gasteiger partial charge in [-0.05, 0) is 36.5 Å². The monoisotopic (exact) mass is 423 g/mol. The van der Waals surface area contributed by atoms with Crippen molar-refractivity contribution in [2.75, 3.05) is 0 Å². The molecule has 166 valence electrons. The number of aromatic hydroxyl groups is 1. The zero-order chi connectivity index (χ0) is 22.8. The molecule has 10 heteroatoms. The van der Waals surface area contributed by atoms with Crippen LogP contribution in [0.1, 0.15) is 38.7 Å². The lowest BCUT2D eigenvalue weighted by atomic mass is 9.96. The standard InChI is InChI=1S/C20H29N3O7/c1-3-11(2)17(19(28)22-15(20(29)30)8-9-16(25)26)23-18(27)14(21)10-12-4-6-13(24)7-5-12/h4-7,11,14-15,17,24H,3,8-10,21H2,1-2H3,(H,22,28)(H,23,27)(H,25,26)(H,29,30)/t11-,14-,15-,17-/m0/s1. The van der Waals surface area contributed by atoms with Crippen LogP contribution in [0.3, 0.4) is 0 Å². The summed E-state index contributed by atoms with van der Waals surface area (Å²) in [5, 5.41) is 32.2. The molecule has 1 aromatic rings. The van der Waals surface area contributed by atoms with Crippen molar-refractivity contribution < 1.29 is 34.5 Å². The Kier molecular flexibility index (Phi) is 9.76. The molecule has 7 N–H and O–H groups in total. The number of hydrogen-bond donors (Lipinski definition) is 6. The van der Waals surface area contributed by atoms with Crippen LogP contribution in [0.5, 0.6) is 5.75 Å². The van der Waals surface area contributed by atoms with E-state index in [0.717, 1.165) is 5.56 Å². The number of carboxylic acids is 2. The normalized spacial score (nSPS) is 14.8. The van der Waals surface area contributed by atoms with E-state index in [9.17, 15) is 29.4 Å². The quantitative estimate of drug-likeness (QED) is 0.276. The highest BCUT2D eigenvalue weighted by atomic mass is 16.4. The highest BCUT2D eigenvalue weighted by molar-refractivity contribution is 5.92. The second-order valence-corrected chi connectivity index (χ2v) is 7.18. The summed E-state index contributed by atoms with van der Waals surface area (Å²) >= 11 is 0. The van der Waals surface area contributed by atoms with E-state index in [-0.39, 0.29) is 24.5 Å². The predicted molar refractivity (Wildman–Crippen MR) is 108 cm³/mol. The Balaban J connectivity index is 2.82. The van der Waals surface area contributed by atoms with Gasteiger partial charge in [0.1, 0.15) is 17.8 Å². The van der Waals surface area contributed by atoms with Crippen LogP contribution in [-0.4, -0.2) is 57.2 Å². The minimum absolute atomic E-state index is 0.0844. The molecule has 0 saturated heterocycles. The van der Waals surface area contributed by atoms with Crippen molar-refractivity contribution in [3.05, 3.63) is 29.8 Å². The zero-order valence-electron chi connectivity index (χ0n) is 17.0. The third-order valence-electron chi connectivity index (χ3n) is 4.78. The van der Waals surface area contributed by atoms with Crippen LogP contribution >= 0.6 is 0 Å². The third-order valence-corrected chi connectivity index (χ3v) is 4.78. The summed E-state index contributed by atoms with van der Waals surface area (Å²) in [6.45, 7) is 3.54. The van der Waals surface area contributed by atoms with Crippen molar-refractivity contribution in [1.29, 1.82) is 0 Å². The van der Waals surface area contributed by atoms with Crippen LogP contribution in [-0.2, 0) is 25.6 Å². The maximum Gasteiger partial charge on any atom is 0.326 e. The molecule has 0 aliphatic rings. The topological polar surface area (TPSA) is 179 Å². The Morgan fingerprint density at radius 2 is 1.63 bits per heavy atom. The molecule has 10 nitrogen and oxygen atoms in total. The lowest BCUT2D eigenvalue weighted by molar-refractivity contribution is -0.143. The number of carbonyl (C=O) groups is 4. The van der Waals surface area contributed by atoms with Gasteiger partial charge in [0.25, 0.3) is 0 Å². The Morgan fingerprint density at radius 1 is 1.03 bits per heavy atom. The first-order chi connectivity index (χ1) is 14.0. The van der Waals surface area contributed by atoms with Gasteiger partial charge in [-0.3, -0.25) is 14.4 Å². The number of rotatable bonds is 12. The minimum Gasteiger partial charge on any atom is -0.508 e. The number of phenolic OH excluding ortho intramolecular Hbond substituents is 1. The highest BCUT2D eigenvalue weighted by Gasteiger charge is 2.31. The molecule has 1 aromatic carbocycles. The van der Waals surface area contributed by atoms with E-state index >= 15 is 0 Å². The van der Waals surface area contributed by atoms with E-state index in [1.165, 1.54) is 12.1 Å². The van der Waals surface area contributed by atoms with Gasteiger partial charge in [-0.15, -0.1) is 0 Å². The fourth-order valence-electron chi connectivity index (χ4n) is 2.73. The Morgan fingerprint density at radius 3 is 2.13 bits per heavy atom. The summed E-state index contributed by atoms with van der Waals surface area (Å²) < 4.78 is 0. The summed E-state index contributed by atoms with van der Waals surface area (Å²) in [7, 11) is 0. The maximum absolute atomic E-state index is 12.7. The van der Waals surface area contributed by atoms with Crippen LogP contribution in [0.4, 0.5) is 0 Å². The van der Waals surface area contributed by atoms with Crippen LogP contribution in [0.15, 0.2) is 24.3 Å². The molecule has 0 heterocycles. The van der Waals surface area contributed by atoms with Crippen molar-refractivity contribution in [2.24, 2.45) is 11.7 Å². The fourth-order valence-corrected chi connectivity index (χ4v) is 2.73. The van der Waals surface area contributed by atoms with E-state index < -0.39 is 48.3 Å². The van der Waals surface area contributed by atoms with Gasteiger partial charge >= 0.3 is 11.9 Å². The molecule has 0 spiro atoms. The number of amides is 2. The number of phenols is 1. The van der Waals surface area contributed by atoms with Crippen molar-refractivity contribution in [3.63, 3.8) is 0 Å². The first-order valence-corrected chi connectivity index (χ1v) is 9.64. The van der Waals surface area contributed by atoms with Crippen LogP contribution < -0.4 is 16.4 Å². The Hall–Kier alpha value is -3.14. The molecule has 2 amide bonds. The largest absolute Gasteiger partial charge is 0.508 e. The van der Waals surface area contributed by atoms with Gasteiger partial charge in [0, 0.05) is 6.42 Å². The number of benzene rings is 1. The number of aliphatic carboxylic acids is 2. The summed E-state index contributed by atoms with van der Waals surface area (Å²) in [6, 6.07) is 2.82. The molecule has 30 heavy (non-hydrogen) atoms. The fraction of sp³-hybridized carbons (Fsp3) is 0.500. The van der Waals surface area contributed by atoms with Gasteiger partial charge in [0.2, 0.25) is 11.8 Å². The van der Waals surface area contributed by atoms with Crippen molar-refractivity contribution >= 4 is 23.8 Å². The molecule has 0 radical (unpaired) electrons. The van der Waals surface area contributed by atoms with Gasteiger partial charge < -0.3 is 31.7 Å². The predicted octanol–water partition coefficient (Wildman–Crippen LogP) is 0.227. The lowest BCUT2D eigenvalue weighted by Crippen LogP contribution is -2.57. The van der Waals surface area contributed by atoms with Crippen LogP contribution in [0.2, 0.25) is 0 Å². The molecule has 1 rings (SSSR count). The Labute approximate surface area is 174 Å². The van der Waals surface area contributed by atoms with Gasteiger partial charge in [-0.2, -0.15) is 0 Å². The highest BCUT2D eigenvalue weighted by Crippen LogP contribution is 2.12. The second kappa shape index (κ2) is 11.8. The first kappa shape index (κ1) is 24.9. The van der Waals surface area contributed by atoms with Gasteiger partial charge in [0.05, 0.1) is 6.04 Å². The molecule has 0 aliphatic carbocycles. The van der Waals surface area contributed by atoms with Crippen LogP contribution in [0.25, 0.3) is 0 Å².